The van der Waals surface area contributed by atoms with Gasteiger partial charge in [0.2, 0.25) is 0 Å². The van der Waals surface area contributed by atoms with Crippen molar-refractivity contribution in [3.05, 3.63) is 30.1 Å². The number of aliphatic hydroxyl groups excluding tert-OH is 1. The molecule has 1 atom stereocenters. The summed E-state index contributed by atoms with van der Waals surface area (Å²) in [5.74, 6) is 1.42. The molecule has 5 heteroatoms. The minimum Gasteiger partial charge on any atom is -0.495 e. The number of hydrogen-bond acceptors (Lipinski definition) is 4. The van der Waals surface area contributed by atoms with Crippen molar-refractivity contribution in [2.45, 2.75) is 13.0 Å². The molecule has 2 aromatic heterocycles. The van der Waals surface area contributed by atoms with Crippen LogP contribution in [-0.4, -0.2) is 29.3 Å². The lowest BCUT2D eigenvalue weighted by molar-refractivity contribution is 0.196. The van der Waals surface area contributed by atoms with Crippen LogP contribution in [0.25, 0.3) is 21.8 Å². The predicted molar refractivity (Wildman–Crippen MR) is 77.3 cm³/mol. The molecule has 0 spiro atoms. The lowest BCUT2D eigenvalue weighted by Crippen LogP contribution is -1.98. The van der Waals surface area contributed by atoms with Crippen LogP contribution in [0.15, 0.2) is 24.4 Å². The van der Waals surface area contributed by atoms with Gasteiger partial charge in [-0.15, -0.1) is 0 Å². The summed E-state index contributed by atoms with van der Waals surface area (Å²) < 4.78 is 10.8. The van der Waals surface area contributed by atoms with Gasteiger partial charge in [-0.3, -0.25) is 4.98 Å². The Morgan fingerprint density at radius 2 is 1.90 bits per heavy atom. The standard InChI is InChI=1S/C15H16N2O3/c1-8(18)13-15-12(11(20-3)7-16-13)9-5-4-6-10(19-2)14(9)17-15/h4-8,17-18H,1-3H3/t8-/m1/s1. The number of pyridine rings is 1. The molecule has 104 valence electrons. The number of rotatable bonds is 3. The number of benzene rings is 1. The van der Waals surface area contributed by atoms with Gasteiger partial charge in [-0.05, 0) is 13.0 Å². The van der Waals surface area contributed by atoms with E-state index in [0.717, 1.165) is 27.6 Å². The number of H-pyrrole nitrogens is 1. The summed E-state index contributed by atoms with van der Waals surface area (Å²) >= 11 is 0. The van der Waals surface area contributed by atoms with E-state index in [9.17, 15) is 5.11 Å². The number of methoxy groups -OCH3 is 2. The van der Waals surface area contributed by atoms with Gasteiger partial charge in [-0.2, -0.15) is 0 Å². The lowest BCUT2D eigenvalue weighted by atomic mass is 10.1. The fraction of sp³-hybridized carbons (Fsp3) is 0.267. The molecular weight excluding hydrogens is 256 g/mol. The number of para-hydroxylation sites is 1. The minimum atomic E-state index is -0.664. The number of aromatic amines is 1. The molecule has 0 radical (unpaired) electrons. The second-order valence-corrected chi connectivity index (χ2v) is 4.65. The van der Waals surface area contributed by atoms with Crippen LogP contribution in [0.1, 0.15) is 18.7 Å². The predicted octanol–water partition coefficient (Wildman–Crippen LogP) is 2.79. The van der Waals surface area contributed by atoms with Crippen LogP contribution in [-0.2, 0) is 0 Å². The molecule has 1 aromatic carbocycles. The van der Waals surface area contributed by atoms with Crippen molar-refractivity contribution < 1.29 is 14.6 Å². The smallest absolute Gasteiger partial charge is 0.147 e. The van der Waals surface area contributed by atoms with Crippen molar-refractivity contribution >= 4 is 21.8 Å². The third-order valence-electron chi connectivity index (χ3n) is 3.45. The second-order valence-electron chi connectivity index (χ2n) is 4.65. The van der Waals surface area contributed by atoms with E-state index in [1.807, 2.05) is 18.2 Å². The molecule has 5 nitrogen and oxygen atoms in total. The van der Waals surface area contributed by atoms with Crippen molar-refractivity contribution in [1.29, 1.82) is 0 Å². The third-order valence-corrected chi connectivity index (χ3v) is 3.45. The van der Waals surface area contributed by atoms with E-state index < -0.39 is 6.10 Å². The van der Waals surface area contributed by atoms with E-state index in [-0.39, 0.29) is 0 Å². The molecule has 0 aliphatic heterocycles. The van der Waals surface area contributed by atoms with Crippen LogP contribution < -0.4 is 9.47 Å². The first-order chi connectivity index (χ1) is 9.67. The van der Waals surface area contributed by atoms with Crippen molar-refractivity contribution in [2.24, 2.45) is 0 Å². The highest BCUT2D eigenvalue weighted by molar-refractivity contribution is 6.12. The summed E-state index contributed by atoms with van der Waals surface area (Å²) in [6.07, 6.45) is 0.972. The molecule has 0 amide bonds. The summed E-state index contributed by atoms with van der Waals surface area (Å²) in [4.78, 5) is 7.58. The molecular formula is C15H16N2O3. The largest absolute Gasteiger partial charge is 0.495 e. The zero-order valence-corrected chi connectivity index (χ0v) is 11.6. The minimum absolute atomic E-state index is 0.596. The number of nitrogens with one attached hydrogen (secondary N) is 1. The van der Waals surface area contributed by atoms with E-state index in [4.69, 9.17) is 9.47 Å². The summed E-state index contributed by atoms with van der Waals surface area (Å²) in [5.41, 5.74) is 2.25. The normalized spacial score (nSPS) is 12.8. The van der Waals surface area contributed by atoms with Gasteiger partial charge in [0.05, 0.1) is 48.6 Å². The van der Waals surface area contributed by atoms with Gasteiger partial charge in [-0.25, -0.2) is 0 Å². The molecule has 2 heterocycles. The fourth-order valence-electron chi connectivity index (χ4n) is 2.54. The Hall–Kier alpha value is -2.27. The first kappa shape index (κ1) is 12.7. The van der Waals surface area contributed by atoms with Crippen molar-refractivity contribution in [3.63, 3.8) is 0 Å². The SMILES string of the molecule is COc1cccc2c1[nH]c1c([C@@H](C)O)ncc(OC)c12. The average molecular weight is 272 g/mol. The number of fused-ring (bicyclic) bond motifs is 3. The Morgan fingerprint density at radius 1 is 1.15 bits per heavy atom. The van der Waals surface area contributed by atoms with E-state index >= 15 is 0 Å². The van der Waals surface area contributed by atoms with Crippen LogP contribution in [0.3, 0.4) is 0 Å². The van der Waals surface area contributed by atoms with Gasteiger partial charge in [0.1, 0.15) is 11.5 Å². The number of hydrogen-bond donors (Lipinski definition) is 2. The maximum atomic E-state index is 9.88. The summed E-state index contributed by atoms with van der Waals surface area (Å²) in [6, 6.07) is 5.81. The molecule has 0 fully saturated rings. The molecule has 20 heavy (non-hydrogen) atoms. The molecule has 0 aliphatic rings. The second kappa shape index (κ2) is 4.68. The Labute approximate surface area is 116 Å². The maximum Gasteiger partial charge on any atom is 0.147 e. The third kappa shape index (κ3) is 1.71. The first-order valence-electron chi connectivity index (χ1n) is 6.36. The summed E-state index contributed by atoms with van der Waals surface area (Å²) in [5, 5.41) is 11.8. The summed E-state index contributed by atoms with van der Waals surface area (Å²) in [6.45, 7) is 1.69. The van der Waals surface area contributed by atoms with Crippen molar-refractivity contribution in [3.8, 4) is 11.5 Å². The highest BCUT2D eigenvalue weighted by Crippen LogP contribution is 2.38. The highest BCUT2D eigenvalue weighted by atomic mass is 16.5. The number of nitrogens with zero attached hydrogens (tertiary/aromatic N) is 1. The van der Waals surface area contributed by atoms with Crippen molar-refractivity contribution in [1.82, 2.24) is 9.97 Å². The van der Waals surface area contributed by atoms with Gasteiger partial charge in [0, 0.05) is 5.39 Å². The molecule has 0 bridgehead atoms. The van der Waals surface area contributed by atoms with E-state index in [0.29, 0.717) is 11.4 Å². The zero-order valence-electron chi connectivity index (χ0n) is 11.6. The van der Waals surface area contributed by atoms with E-state index in [1.54, 1.807) is 27.3 Å². The Bertz CT molecular complexity index is 777. The van der Waals surface area contributed by atoms with Crippen LogP contribution in [0.5, 0.6) is 11.5 Å². The van der Waals surface area contributed by atoms with Gasteiger partial charge in [0.15, 0.2) is 0 Å². The zero-order chi connectivity index (χ0) is 14.3. The lowest BCUT2D eigenvalue weighted by Gasteiger charge is -2.08. The molecule has 0 aliphatic carbocycles. The monoisotopic (exact) mass is 272 g/mol. The highest BCUT2D eigenvalue weighted by Gasteiger charge is 2.18. The molecule has 3 aromatic rings. The number of ether oxygens (including phenoxy) is 2. The Kier molecular flexibility index (Phi) is 2.99. The molecule has 3 rings (SSSR count). The Balaban J connectivity index is 2.50. The maximum absolute atomic E-state index is 9.88. The van der Waals surface area contributed by atoms with Crippen molar-refractivity contribution in [2.75, 3.05) is 14.2 Å². The van der Waals surface area contributed by atoms with Crippen LogP contribution >= 0.6 is 0 Å². The van der Waals surface area contributed by atoms with Crippen LogP contribution in [0.4, 0.5) is 0 Å². The molecule has 0 saturated heterocycles. The quantitative estimate of drug-likeness (QED) is 0.769. The van der Waals surface area contributed by atoms with Crippen LogP contribution in [0, 0.1) is 0 Å². The molecule has 0 saturated carbocycles. The topological polar surface area (TPSA) is 67.4 Å². The fourth-order valence-corrected chi connectivity index (χ4v) is 2.54. The molecule has 0 unspecified atom stereocenters. The number of aromatic nitrogens is 2. The van der Waals surface area contributed by atoms with Gasteiger partial charge in [-0.1, -0.05) is 12.1 Å². The van der Waals surface area contributed by atoms with E-state index in [1.165, 1.54) is 0 Å². The molecule has 2 N–H and O–H groups in total. The van der Waals surface area contributed by atoms with E-state index in [2.05, 4.69) is 9.97 Å². The average Bonchev–Trinajstić information content (AvgIpc) is 2.85. The number of aliphatic hydroxyl groups is 1. The van der Waals surface area contributed by atoms with Gasteiger partial charge in [0.25, 0.3) is 0 Å². The van der Waals surface area contributed by atoms with Crippen LogP contribution in [0.2, 0.25) is 0 Å². The van der Waals surface area contributed by atoms with Gasteiger partial charge >= 0.3 is 0 Å². The first-order valence-corrected chi connectivity index (χ1v) is 6.36. The summed E-state index contributed by atoms with van der Waals surface area (Å²) in [7, 11) is 3.24. The van der Waals surface area contributed by atoms with Gasteiger partial charge < -0.3 is 19.6 Å². The Morgan fingerprint density at radius 3 is 2.55 bits per heavy atom.